The Morgan fingerprint density at radius 1 is 1.67 bits per heavy atom. The minimum atomic E-state index is -0.289. The number of nitrogens with zero attached hydrogens (tertiary/aromatic N) is 1. The van der Waals surface area contributed by atoms with Gasteiger partial charge < -0.3 is 16.4 Å². The van der Waals surface area contributed by atoms with Crippen LogP contribution in [0.2, 0.25) is 0 Å². The Bertz CT molecular complexity index is 492. The SMILES string of the molecule is Nc1ncc(Br)cc1C(=O)NCC1CCC(=O)N1. The molecule has 1 fully saturated rings. The number of rotatable bonds is 3. The molecule has 18 heavy (non-hydrogen) atoms. The molecule has 1 saturated heterocycles. The fourth-order valence-electron chi connectivity index (χ4n) is 1.77. The number of nitrogens with two attached hydrogens (primary N) is 1. The van der Waals surface area contributed by atoms with Crippen molar-refractivity contribution in [2.45, 2.75) is 18.9 Å². The molecule has 0 radical (unpaired) electrons. The summed E-state index contributed by atoms with van der Waals surface area (Å²) in [5, 5.41) is 5.51. The van der Waals surface area contributed by atoms with Gasteiger partial charge in [-0.25, -0.2) is 4.98 Å². The summed E-state index contributed by atoms with van der Waals surface area (Å²) in [6.07, 6.45) is 2.79. The van der Waals surface area contributed by atoms with Gasteiger partial charge in [-0.15, -0.1) is 0 Å². The lowest BCUT2D eigenvalue weighted by Crippen LogP contribution is -2.38. The van der Waals surface area contributed by atoms with E-state index in [1.165, 1.54) is 6.20 Å². The summed E-state index contributed by atoms with van der Waals surface area (Å²) in [6.45, 7) is 0.399. The fraction of sp³-hybridized carbons (Fsp3) is 0.364. The second-order valence-corrected chi connectivity index (χ2v) is 5.02. The molecule has 96 valence electrons. The Hall–Kier alpha value is -1.63. The third kappa shape index (κ3) is 2.98. The van der Waals surface area contributed by atoms with E-state index in [2.05, 4.69) is 31.5 Å². The number of pyridine rings is 1. The van der Waals surface area contributed by atoms with Crippen molar-refractivity contribution in [3.63, 3.8) is 0 Å². The first-order valence-electron chi connectivity index (χ1n) is 5.55. The van der Waals surface area contributed by atoms with Gasteiger partial charge in [-0.2, -0.15) is 0 Å². The highest BCUT2D eigenvalue weighted by molar-refractivity contribution is 9.10. The van der Waals surface area contributed by atoms with Crippen LogP contribution in [0.1, 0.15) is 23.2 Å². The van der Waals surface area contributed by atoms with Crippen LogP contribution in [0.15, 0.2) is 16.7 Å². The highest BCUT2D eigenvalue weighted by Crippen LogP contribution is 2.15. The summed E-state index contributed by atoms with van der Waals surface area (Å²) in [7, 11) is 0. The van der Waals surface area contributed by atoms with Crippen LogP contribution in [0, 0.1) is 0 Å². The standard InChI is InChI=1S/C11H13BrN4O2/c12-6-3-8(10(13)14-4-6)11(18)15-5-7-1-2-9(17)16-7/h3-4,7H,1-2,5H2,(H2,13,14)(H,15,18)(H,16,17). The number of anilines is 1. The van der Waals surface area contributed by atoms with E-state index >= 15 is 0 Å². The van der Waals surface area contributed by atoms with Crippen LogP contribution in [0.25, 0.3) is 0 Å². The maximum atomic E-state index is 11.9. The molecule has 1 aliphatic rings. The minimum absolute atomic E-state index is 0.00258. The molecule has 0 aromatic carbocycles. The third-order valence-corrected chi connectivity index (χ3v) is 3.16. The molecule has 0 spiro atoms. The van der Waals surface area contributed by atoms with Gasteiger partial charge in [0.2, 0.25) is 5.91 Å². The highest BCUT2D eigenvalue weighted by Gasteiger charge is 2.21. The van der Waals surface area contributed by atoms with Gasteiger partial charge in [0.15, 0.2) is 0 Å². The van der Waals surface area contributed by atoms with Crippen LogP contribution in [0.3, 0.4) is 0 Å². The molecule has 1 atom stereocenters. The summed E-state index contributed by atoms with van der Waals surface area (Å²) in [6, 6.07) is 1.62. The fourth-order valence-corrected chi connectivity index (χ4v) is 2.10. The van der Waals surface area contributed by atoms with Crippen LogP contribution in [-0.4, -0.2) is 29.4 Å². The molecule has 1 aliphatic heterocycles. The molecule has 1 aromatic rings. The Labute approximate surface area is 112 Å². The van der Waals surface area contributed by atoms with E-state index in [0.29, 0.717) is 23.0 Å². The van der Waals surface area contributed by atoms with Crippen LogP contribution in [0.4, 0.5) is 5.82 Å². The highest BCUT2D eigenvalue weighted by atomic mass is 79.9. The topological polar surface area (TPSA) is 97.1 Å². The smallest absolute Gasteiger partial charge is 0.255 e. The predicted octanol–water partition coefficient (Wildman–Crippen LogP) is 0.435. The maximum Gasteiger partial charge on any atom is 0.255 e. The molecule has 4 N–H and O–H groups in total. The Morgan fingerprint density at radius 2 is 2.44 bits per heavy atom. The Kier molecular flexibility index (Phi) is 3.81. The zero-order valence-electron chi connectivity index (χ0n) is 9.57. The minimum Gasteiger partial charge on any atom is -0.383 e. The predicted molar refractivity (Wildman–Crippen MR) is 69.8 cm³/mol. The van der Waals surface area contributed by atoms with E-state index in [4.69, 9.17) is 5.73 Å². The van der Waals surface area contributed by atoms with Crippen LogP contribution in [-0.2, 0) is 4.79 Å². The largest absolute Gasteiger partial charge is 0.383 e. The molecule has 1 unspecified atom stereocenters. The number of hydrogen-bond donors (Lipinski definition) is 3. The van der Waals surface area contributed by atoms with Crippen molar-refractivity contribution in [2.75, 3.05) is 12.3 Å². The summed E-state index contributed by atoms with van der Waals surface area (Å²) in [4.78, 5) is 26.8. The van der Waals surface area contributed by atoms with Crippen LogP contribution < -0.4 is 16.4 Å². The summed E-state index contributed by atoms with van der Waals surface area (Å²) in [5.74, 6) is -0.0773. The quantitative estimate of drug-likeness (QED) is 0.754. The van der Waals surface area contributed by atoms with Gasteiger partial charge in [0.1, 0.15) is 5.82 Å². The maximum absolute atomic E-state index is 11.9. The second-order valence-electron chi connectivity index (χ2n) is 4.10. The van der Waals surface area contributed by atoms with E-state index in [1.807, 2.05) is 0 Å². The molecule has 6 nitrogen and oxygen atoms in total. The summed E-state index contributed by atoms with van der Waals surface area (Å²) < 4.78 is 0.691. The second kappa shape index (κ2) is 5.34. The average Bonchev–Trinajstić information content (AvgIpc) is 2.75. The number of amides is 2. The van der Waals surface area contributed by atoms with Gasteiger partial charge in [-0.05, 0) is 28.4 Å². The van der Waals surface area contributed by atoms with Crippen molar-refractivity contribution in [1.82, 2.24) is 15.6 Å². The first kappa shape index (κ1) is 12.8. The van der Waals surface area contributed by atoms with Gasteiger partial charge >= 0.3 is 0 Å². The van der Waals surface area contributed by atoms with Gasteiger partial charge in [0.25, 0.3) is 5.91 Å². The van der Waals surface area contributed by atoms with E-state index < -0.39 is 0 Å². The number of carbonyl (C=O) groups excluding carboxylic acids is 2. The van der Waals surface area contributed by atoms with Crippen molar-refractivity contribution in [1.29, 1.82) is 0 Å². The van der Waals surface area contributed by atoms with E-state index in [0.717, 1.165) is 6.42 Å². The van der Waals surface area contributed by atoms with Crippen molar-refractivity contribution in [3.8, 4) is 0 Å². The monoisotopic (exact) mass is 312 g/mol. The summed E-state index contributed by atoms with van der Waals surface area (Å²) in [5.41, 5.74) is 5.96. The lowest BCUT2D eigenvalue weighted by atomic mass is 10.2. The molecule has 0 saturated carbocycles. The molecule has 0 bridgehead atoms. The van der Waals surface area contributed by atoms with Crippen molar-refractivity contribution in [3.05, 3.63) is 22.3 Å². The number of aromatic nitrogens is 1. The third-order valence-electron chi connectivity index (χ3n) is 2.72. The molecule has 2 amide bonds. The lowest BCUT2D eigenvalue weighted by Gasteiger charge is -2.12. The number of nitrogens with one attached hydrogen (secondary N) is 2. The number of halogens is 1. The number of nitrogen functional groups attached to an aromatic ring is 1. The zero-order valence-corrected chi connectivity index (χ0v) is 11.2. The van der Waals surface area contributed by atoms with Gasteiger partial charge in [0.05, 0.1) is 5.56 Å². The first-order valence-corrected chi connectivity index (χ1v) is 6.34. The number of hydrogen-bond acceptors (Lipinski definition) is 4. The molecule has 7 heteroatoms. The molecule has 0 aliphatic carbocycles. The molecular formula is C11H13BrN4O2. The van der Waals surface area contributed by atoms with Crippen molar-refractivity contribution in [2.24, 2.45) is 0 Å². The molecule has 2 rings (SSSR count). The number of carbonyl (C=O) groups is 2. The lowest BCUT2D eigenvalue weighted by molar-refractivity contribution is -0.119. The van der Waals surface area contributed by atoms with Gasteiger partial charge in [-0.3, -0.25) is 9.59 Å². The first-order chi connectivity index (χ1) is 8.56. The molecule has 2 heterocycles. The average molecular weight is 313 g/mol. The zero-order chi connectivity index (χ0) is 13.1. The van der Waals surface area contributed by atoms with Crippen LogP contribution >= 0.6 is 15.9 Å². The van der Waals surface area contributed by atoms with E-state index in [9.17, 15) is 9.59 Å². The van der Waals surface area contributed by atoms with Gasteiger partial charge in [-0.1, -0.05) is 0 Å². The molecular weight excluding hydrogens is 300 g/mol. The Balaban J connectivity index is 1.95. The van der Waals surface area contributed by atoms with E-state index in [1.54, 1.807) is 6.07 Å². The van der Waals surface area contributed by atoms with Gasteiger partial charge in [0, 0.05) is 29.7 Å². The van der Waals surface area contributed by atoms with Crippen molar-refractivity contribution < 1.29 is 9.59 Å². The van der Waals surface area contributed by atoms with Crippen molar-refractivity contribution >= 4 is 33.6 Å². The van der Waals surface area contributed by atoms with E-state index in [-0.39, 0.29) is 23.7 Å². The molecule has 1 aromatic heterocycles. The van der Waals surface area contributed by atoms with Crippen LogP contribution in [0.5, 0.6) is 0 Å². The summed E-state index contributed by atoms with van der Waals surface area (Å²) >= 11 is 3.23. The normalized spacial score (nSPS) is 18.5. The Morgan fingerprint density at radius 3 is 3.11 bits per heavy atom.